The minimum atomic E-state index is -4.47. The van der Waals surface area contributed by atoms with Crippen molar-refractivity contribution >= 4 is 43.9 Å². The van der Waals surface area contributed by atoms with E-state index in [2.05, 4.69) is 10.3 Å². The Morgan fingerprint density at radius 2 is 1.92 bits per heavy atom. The third-order valence-corrected chi connectivity index (χ3v) is 6.84. The van der Waals surface area contributed by atoms with E-state index in [0.29, 0.717) is 4.70 Å². The van der Waals surface area contributed by atoms with Crippen molar-refractivity contribution in [2.75, 3.05) is 5.32 Å². The molecule has 8 heteroatoms. The Hall–Kier alpha value is -1.93. The van der Waals surface area contributed by atoms with Crippen molar-refractivity contribution in [3.8, 4) is 0 Å². The van der Waals surface area contributed by atoms with Gasteiger partial charge in [-0.25, -0.2) is 4.98 Å². The van der Waals surface area contributed by atoms with Crippen molar-refractivity contribution in [2.24, 2.45) is 0 Å². The van der Waals surface area contributed by atoms with Crippen LogP contribution in [0.5, 0.6) is 0 Å². The lowest BCUT2D eigenvalue weighted by Gasteiger charge is -2.25. The molecule has 3 aromatic rings. The molecule has 4 rings (SSSR count). The number of anilines is 1. The highest BCUT2D eigenvalue weighted by atomic mass is 32.1. The first-order chi connectivity index (χ1) is 12.4. The van der Waals surface area contributed by atoms with Gasteiger partial charge in [-0.3, -0.25) is 4.79 Å². The highest BCUT2D eigenvalue weighted by Gasteiger charge is 2.44. The number of hydrogen-bond acceptors (Lipinski definition) is 4. The number of benzene rings is 1. The summed E-state index contributed by atoms with van der Waals surface area (Å²) in [6.45, 7) is 0. The summed E-state index contributed by atoms with van der Waals surface area (Å²) in [5.74, 6) is -0.176. The predicted octanol–water partition coefficient (Wildman–Crippen LogP) is 5.83. The number of thiophene rings is 1. The van der Waals surface area contributed by atoms with E-state index in [1.165, 1.54) is 6.07 Å². The van der Waals surface area contributed by atoms with Crippen molar-refractivity contribution in [1.82, 2.24) is 4.98 Å². The molecule has 1 fully saturated rings. The molecule has 0 atom stereocenters. The molecule has 1 N–H and O–H groups in total. The quantitative estimate of drug-likeness (QED) is 0.605. The van der Waals surface area contributed by atoms with Gasteiger partial charge in [0.05, 0.1) is 21.2 Å². The van der Waals surface area contributed by atoms with Crippen LogP contribution in [0.2, 0.25) is 0 Å². The van der Waals surface area contributed by atoms with Crippen molar-refractivity contribution in [1.29, 1.82) is 0 Å². The summed E-state index contributed by atoms with van der Waals surface area (Å²) in [5.41, 5.74) is -1.49. The molecular weight excluding hydrogens is 381 g/mol. The number of aromatic nitrogens is 1. The van der Waals surface area contributed by atoms with Crippen LogP contribution in [-0.4, -0.2) is 10.9 Å². The third kappa shape index (κ3) is 2.91. The molecule has 0 bridgehead atoms. The standard InChI is InChI=1S/C18H15F3N2OS2/c19-18(20,21)11-5-3-6-12-14(11)22-16(26-12)23-15(24)17(8-1-2-9-17)13-7-4-10-25-13/h3-7,10H,1-2,8-9H2,(H,22,23,24). The van der Waals surface area contributed by atoms with Gasteiger partial charge in [0.15, 0.2) is 5.13 Å². The number of carbonyl (C=O) groups is 1. The average Bonchev–Trinajstić information content (AvgIpc) is 3.32. The molecule has 0 saturated heterocycles. The van der Waals surface area contributed by atoms with E-state index in [0.717, 1.165) is 48.0 Å². The SMILES string of the molecule is O=C(Nc1nc2c(C(F)(F)F)cccc2s1)C1(c2cccs2)CCCC1. The van der Waals surface area contributed by atoms with Gasteiger partial charge >= 0.3 is 6.18 Å². The number of nitrogens with one attached hydrogen (secondary N) is 1. The first kappa shape index (κ1) is 17.5. The van der Waals surface area contributed by atoms with Gasteiger partial charge in [-0.1, -0.05) is 36.3 Å². The number of rotatable bonds is 3. The monoisotopic (exact) mass is 396 g/mol. The number of para-hydroxylation sites is 1. The summed E-state index contributed by atoms with van der Waals surface area (Å²) >= 11 is 2.61. The molecule has 1 saturated carbocycles. The first-order valence-electron chi connectivity index (χ1n) is 8.22. The molecular formula is C18H15F3N2OS2. The summed E-state index contributed by atoms with van der Waals surface area (Å²) in [5, 5.41) is 4.94. The van der Waals surface area contributed by atoms with Crippen LogP contribution in [0.4, 0.5) is 18.3 Å². The van der Waals surface area contributed by atoms with Crippen LogP contribution >= 0.6 is 22.7 Å². The minimum Gasteiger partial charge on any atom is -0.301 e. The van der Waals surface area contributed by atoms with Gasteiger partial charge in [-0.2, -0.15) is 13.2 Å². The lowest BCUT2D eigenvalue weighted by atomic mass is 9.83. The number of alkyl halides is 3. The molecule has 136 valence electrons. The topological polar surface area (TPSA) is 42.0 Å². The molecule has 26 heavy (non-hydrogen) atoms. The number of carbonyl (C=O) groups excluding carboxylic acids is 1. The Kier molecular flexibility index (Phi) is 4.27. The fourth-order valence-electron chi connectivity index (χ4n) is 3.56. The normalized spacial score (nSPS) is 16.9. The van der Waals surface area contributed by atoms with E-state index in [1.54, 1.807) is 17.4 Å². The number of halogens is 3. The van der Waals surface area contributed by atoms with E-state index < -0.39 is 17.2 Å². The maximum Gasteiger partial charge on any atom is 0.418 e. The van der Waals surface area contributed by atoms with Crippen LogP contribution < -0.4 is 5.32 Å². The Bertz CT molecular complexity index is 941. The van der Waals surface area contributed by atoms with Gasteiger partial charge in [0.1, 0.15) is 0 Å². The number of amides is 1. The molecule has 0 aliphatic heterocycles. The number of hydrogen-bond donors (Lipinski definition) is 1. The summed E-state index contributed by atoms with van der Waals surface area (Å²) in [7, 11) is 0. The Morgan fingerprint density at radius 3 is 2.58 bits per heavy atom. The van der Waals surface area contributed by atoms with Crippen LogP contribution in [0.3, 0.4) is 0 Å². The van der Waals surface area contributed by atoms with E-state index >= 15 is 0 Å². The van der Waals surface area contributed by atoms with Gasteiger partial charge < -0.3 is 5.32 Å². The van der Waals surface area contributed by atoms with Crippen molar-refractivity contribution in [2.45, 2.75) is 37.3 Å². The maximum atomic E-state index is 13.2. The molecule has 3 nitrogen and oxygen atoms in total. The minimum absolute atomic E-state index is 0.114. The molecule has 1 aromatic carbocycles. The lowest BCUT2D eigenvalue weighted by Crippen LogP contribution is -2.37. The van der Waals surface area contributed by atoms with Crippen molar-refractivity contribution in [3.63, 3.8) is 0 Å². The summed E-state index contributed by atoms with van der Waals surface area (Å²) < 4.78 is 39.9. The predicted molar refractivity (Wildman–Crippen MR) is 97.7 cm³/mol. The van der Waals surface area contributed by atoms with Gasteiger partial charge in [0, 0.05) is 4.88 Å². The number of thiazole rings is 1. The second-order valence-electron chi connectivity index (χ2n) is 6.39. The van der Waals surface area contributed by atoms with Gasteiger partial charge in [0.2, 0.25) is 5.91 Å². The fraction of sp³-hybridized carbons (Fsp3) is 0.333. The van der Waals surface area contributed by atoms with Gasteiger partial charge in [0.25, 0.3) is 0 Å². The first-order valence-corrected chi connectivity index (χ1v) is 9.92. The largest absolute Gasteiger partial charge is 0.418 e. The smallest absolute Gasteiger partial charge is 0.301 e. The zero-order valence-electron chi connectivity index (χ0n) is 13.6. The maximum absolute atomic E-state index is 13.2. The van der Waals surface area contributed by atoms with E-state index in [9.17, 15) is 18.0 Å². The molecule has 0 radical (unpaired) electrons. The molecule has 2 heterocycles. The molecule has 0 spiro atoms. The Morgan fingerprint density at radius 1 is 1.15 bits per heavy atom. The van der Waals surface area contributed by atoms with Crippen molar-refractivity contribution in [3.05, 3.63) is 46.2 Å². The molecule has 1 amide bonds. The van der Waals surface area contributed by atoms with Gasteiger partial charge in [-0.15, -0.1) is 11.3 Å². The molecule has 2 aromatic heterocycles. The highest BCUT2D eigenvalue weighted by Crippen LogP contribution is 2.44. The van der Waals surface area contributed by atoms with Gasteiger partial charge in [-0.05, 0) is 36.4 Å². The Balaban J connectivity index is 1.68. The number of nitrogens with zero attached hydrogens (tertiary/aromatic N) is 1. The van der Waals surface area contributed by atoms with Crippen LogP contribution in [0, 0.1) is 0 Å². The van der Waals surface area contributed by atoms with Crippen molar-refractivity contribution < 1.29 is 18.0 Å². The molecule has 0 unspecified atom stereocenters. The lowest BCUT2D eigenvalue weighted by molar-refractivity contribution is -0.136. The summed E-state index contributed by atoms with van der Waals surface area (Å²) in [6.07, 6.45) is -1.05. The van der Waals surface area contributed by atoms with Crippen LogP contribution in [0.1, 0.15) is 36.1 Å². The highest BCUT2D eigenvalue weighted by molar-refractivity contribution is 7.22. The fourth-order valence-corrected chi connectivity index (χ4v) is 5.43. The van der Waals surface area contributed by atoms with Crippen LogP contribution in [-0.2, 0) is 16.4 Å². The summed E-state index contributed by atoms with van der Waals surface area (Å²) in [4.78, 5) is 18.1. The van der Waals surface area contributed by atoms with E-state index in [4.69, 9.17) is 0 Å². The molecule has 1 aliphatic carbocycles. The summed E-state index contributed by atoms with van der Waals surface area (Å²) in [6, 6.07) is 7.83. The third-order valence-electron chi connectivity index (χ3n) is 4.83. The average molecular weight is 396 g/mol. The van der Waals surface area contributed by atoms with Crippen LogP contribution in [0.25, 0.3) is 10.2 Å². The van der Waals surface area contributed by atoms with E-state index in [1.807, 2.05) is 17.5 Å². The number of fused-ring (bicyclic) bond motifs is 1. The van der Waals surface area contributed by atoms with E-state index in [-0.39, 0.29) is 16.6 Å². The second-order valence-corrected chi connectivity index (χ2v) is 8.37. The zero-order chi connectivity index (χ0) is 18.4. The molecule has 1 aliphatic rings. The second kappa shape index (κ2) is 6.35. The van der Waals surface area contributed by atoms with Crippen LogP contribution in [0.15, 0.2) is 35.7 Å². The Labute approximate surface area is 155 Å². The zero-order valence-corrected chi connectivity index (χ0v) is 15.2.